The van der Waals surface area contributed by atoms with Crippen molar-refractivity contribution in [1.29, 1.82) is 0 Å². The summed E-state index contributed by atoms with van der Waals surface area (Å²) in [6.07, 6.45) is -0.917. The van der Waals surface area contributed by atoms with Crippen LogP contribution in [0.1, 0.15) is 22.8 Å². The molecule has 1 aliphatic heterocycles. The van der Waals surface area contributed by atoms with Crippen LogP contribution >= 0.6 is 11.6 Å². The summed E-state index contributed by atoms with van der Waals surface area (Å²) in [7, 11) is 1.51. The van der Waals surface area contributed by atoms with Gasteiger partial charge in [0.2, 0.25) is 0 Å². The average Bonchev–Trinajstić information content (AvgIpc) is 3.16. The summed E-state index contributed by atoms with van der Waals surface area (Å²) in [4.78, 5) is 25.2. The van der Waals surface area contributed by atoms with E-state index in [4.69, 9.17) is 30.9 Å². The molecule has 0 radical (unpaired) electrons. The fraction of sp³-hybridized carbons (Fsp3) is 0.200. The number of aliphatic carboxylic acids is 1. The lowest BCUT2D eigenvalue weighted by Crippen LogP contribution is -2.24. The van der Waals surface area contributed by atoms with Crippen molar-refractivity contribution in [2.45, 2.75) is 19.1 Å². The second-order valence-electron chi connectivity index (χ2n) is 7.57. The molecule has 0 aliphatic carbocycles. The van der Waals surface area contributed by atoms with Gasteiger partial charge in [-0.15, -0.1) is 0 Å². The minimum absolute atomic E-state index is 0.145. The third kappa shape index (κ3) is 5.38. The van der Waals surface area contributed by atoms with E-state index in [1.165, 1.54) is 7.11 Å². The van der Waals surface area contributed by atoms with E-state index in [0.29, 0.717) is 39.9 Å². The molecule has 170 valence electrons. The van der Waals surface area contributed by atoms with Gasteiger partial charge in [-0.05, 0) is 41.5 Å². The number of amides is 1. The summed E-state index contributed by atoms with van der Waals surface area (Å²) < 4.78 is 17.0. The molecule has 3 aromatic carbocycles. The molecule has 0 spiro atoms. The van der Waals surface area contributed by atoms with Gasteiger partial charge in [-0.2, -0.15) is 0 Å². The van der Waals surface area contributed by atoms with E-state index >= 15 is 0 Å². The first kappa shape index (κ1) is 22.5. The van der Waals surface area contributed by atoms with Gasteiger partial charge in [0.05, 0.1) is 26.6 Å². The van der Waals surface area contributed by atoms with E-state index in [0.717, 1.165) is 5.56 Å². The molecule has 3 aromatic rings. The van der Waals surface area contributed by atoms with Crippen LogP contribution in [0.5, 0.6) is 17.2 Å². The SMILES string of the molecule is COc1ccc(CC(=O)O)cc1Oc1ccc(Cl)cc1CN1C[C@H](c2ccccc2)OC1=O. The molecule has 1 fully saturated rings. The van der Waals surface area contributed by atoms with Crippen molar-refractivity contribution in [2.75, 3.05) is 13.7 Å². The molecule has 0 saturated carbocycles. The minimum Gasteiger partial charge on any atom is -0.493 e. The number of methoxy groups -OCH3 is 1. The Balaban J connectivity index is 1.58. The highest BCUT2D eigenvalue weighted by Crippen LogP contribution is 2.36. The predicted octanol–water partition coefficient (Wildman–Crippen LogP) is 5.46. The molecular weight excluding hydrogens is 446 g/mol. The van der Waals surface area contributed by atoms with Crippen LogP contribution in [0, 0.1) is 0 Å². The number of cyclic esters (lactones) is 1. The number of benzene rings is 3. The van der Waals surface area contributed by atoms with E-state index in [2.05, 4.69) is 0 Å². The standard InChI is InChI=1S/C25H22ClNO6/c1-31-21-9-7-16(12-24(28)29)11-22(21)32-20-10-8-19(26)13-18(20)14-27-15-23(33-25(27)30)17-5-3-2-4-6-17/h2-11,13,23H,12,14-15H2,1H3,(H,28,29)/t23-/m1/s1. The number of halogens is 1. The average molecular weight is 468 g/mol. The zero-order chi connectivity index (χ0) is 23.4. The van der Waals surface area contributed by atoms with Gasteiger partial charge in [-0.3, -0.25) is 9.69 Å². The lowest BCUT2D eigenvalue weighted by atomic mass is 10.1. The maximum Gasteiger partial charge on any atom is 0.410 e. The topological polar surface area (TPSA) is 85.3 Å². The van der Waals surface area contributed by atoms with Crippen molar-refractivity contribution in [3.05, 3.63) is 88.4 Å². The van der Waals surface area contributed by atoms with Crippen LogP contribution in [0.25, 0.3) is 0 Å². The van der Waals surface area contributed by atoms with Gasteiger partial charge >= 0.3 is 12.1 Å². The first-order valence-corrected chi connectivity index (χ1v) is 10.7. The molecule has 1 aliphatic rings. The molecule has 33 heavy (non-hydrogen) atoms. The van der Waals surface area contributed by atoms with Gasteiger partial charge in [0.25, 0.3) is 0 Å². The Labute approximate surface area is 196 Å². The van der Waals surface area contributed by atoms with E-state index in [1.807, 2.05) is 30.3 Å². The molecule has 1 amide bonds. The molecule has 8 heteroatoms. The third-order valence-corrected chi connectivity index (χ3v) is 5.48. The van der Waals surface area contributed by atoms with Crippen molar-refractivity contribution in [1.82, 2.24) is 4.90 Å². The zero-order valence-corrected chi connectivity index (χ0v) is 18.6. The van der Waals surface area contributed by atoms with E-state index < -0.39 is 12.1 Å². The Bertz CT molecular complexity index is 1170. The number of hydrogen-bond acceptors (Lipinski definition) is 5. The second-order valence-corrected chi connectivity index (χ2v) is 8.01. The van der Waals surface area contributed by atoms with Crippen molar-refractivity contribution in [3.8, 4) is 17.2 Å². The van der Waals surface area contributed by atoms with Crippen molar-refractivity contribution in [2.24, 2.45) is 0 Å². The van der Waals surface area contributed by atoms with Crippen LogP contribution in [0.2, 0.25) is 5.02 Å². The Morgan fingerprint density at radius 3 is 2.58 bits per heavy atom. The number of carbonyl (C=O) groups is 2. The highest BCUT2D eigenvalue weighted by molar-refractivity contribution is 6.30. The summed E-state index contributed by atoms with van der Waals surface area (Å²) in [6.45, 7) is 0.626. The van der Waals surface area contributed by atoms with Crippen LogP contribution < -0.4 is 9.47 Å². The second kappa shape index (κ2) is 9.83. The van der Waals surface area contributed by atoms with Crippen molar-refractivity contribution >= 4 is 23.7 Å². The van der Waals surface area contributed by atoms with Gasteiger partial charge in [0.1, 0.15) is 11.9 Å². The lowest BCUT2D eigenvalue weighted by molar-refractivity contribution is -0.136. The number of hydrogen-bond donors (Lipinski definition) is 1. The molecule has 4 rings (SSSR count). The molecule has 1 saturated heterocycles. The van der Waals surface area contributed by atoms with Crippen LogP contribution in [-0.2, 0) is 22.5 Å². The fourth-order valence-electron chi connectivity index (χ4n) is 3.66. The third-order valence-electron chi connectivity index (χ3n) is 5.25. The highest BCUT2D eigenvalue weighted by atomic mass is 35.5. The molecule has 7 nitrogen and oxygen atoms in total. The fourth-order valence-corrected chi connectivity index (χ4v) is 3.85. The Morgan fingerprint density at radius 2 is 1.85 bits per heavy atom. The Hall–Kier alpha value is -3.71. The van der Waals surface area contributed by atoms with Gasteiger partial charge in [0.15, 0.2) is 11.5 Å². The molecular formula is C25H22ClNO6. The Kier molecular flexibility index (Phi) is 6.70. The van der Waals surface area contributed by atoms with Crippen molar-refractivity contribution < 1.29 is 28.9 Å². The summed E-state index contributed by atoms with van der Waals surface area (Å²) >= 11 is 6.23. The smallest absolute Gasteiger partial charge is 0.410 e. The zero-order valence-electron chi connectivity index (χ0n) is 17.9. The van der Waals surface area contributed by atoms with Gasteiger partial charge in [0, 0.05) is 10.6 Å². The highest BCUT2D eigenvalue weighted by Gasteiger charge is 2.32. The summed E-state index contributed by atoms with van der Waals surface area (Å²) in [5.41, 5.74) is 2.18. The van der Waals surface area contributed by atoms with Crippen LogP contribution in [-0.4, -0.2) is 35.7 Å². The number of carbonyl (C=O) groups excluding carboxylic acids is 1. The van der Waals surface area contributed by atoms with Crippen LogP contribution in [0.15, 0.2) is 66.7 Å². The number of carboxylic acids is 1. The maximum absolute atomic E-state index is 12.5. The molecule has 1 N–H and O–H groups in total. The van der Waals surface area contributed by atoms with Gasteiger partial charge in [-0.25, -0.2) is 4.79 Å². The number of rotatable bonds is 8. The number of nitrogens with zero attached hydrogens (tertiary/aromatic N) is 1. The molecule has 1 atom stereocenters. The van der Waals surface area contributed by atoms with E-state index in [1.54, 1.807) is 41.3 Å². The van der Waals surface area contributed by atoms with E-state index in [9.17, 15) is 9.59 Å². The van der Waals surface area contributed by atoms with Gasteiger partial charge < -0.3 is 19.3 Å². The summed E-state index contributed by atoms with van der Waals surface area (Å²) in [5, 5.41) is 9.60. The Morgan fingerprint density at radius 1 is 1.09 bits per heavy atom. The first-order chi connectivity index (χ1) is 15.9. The van der Waals surface area contributed by atoms with E-state index in [-0.39, 0.29) is 19.1 Å². The first-order valence-electron chi connectivity index (χ1n) is 10.3. The summed E-state index contributed by atoms with van der Waals surface area (Å²) in [6, 6.07) is 19.6. The monoisotopic (exact) mass is 467 g/mol. The molecule has 0 aromatic heterocycles. The van der Waals surface area contributed by atoms with Crippen LogP contribution in [0.3, 0.4) is 0 Å². The molecule has 0 bridgehead atoms. The predicted molar refractivity (Wildman–Crippen MR) is 122 cm³/mol. The maximum atomic E-state index is 12.5. The molecule has 1 heterocycles. The van der Waals surface area contributed by atoms with Crippen LogP contribution in [0.4, 0.5) is 4.79 Å². The quantitative estimate of drug-likeness (QED) is 0.473. The van der Waals surface area contributed by atoms with Crippen molar-refractivity contribution in [3.63, 3.8) is 0 Å². The molecule has 0 unspecified atom stereocenters. The normalized spacial score (nSPS) is 15.3. The van der Waals surface area contributed by atoms with Gasteiger partial charge in [-0.1, -0.05) is 48.0 Å². The summed E-state index contributed by atoms with van der Waals surface area (Å²) in [5.74, 6) is 0.348. The minimum atomic E-state index is -0.946. The number of ether oxygens (including phenoxy) is 3. The number of carboxylic acid groups (broad SMARTS) is 1. The largest absolute Gasteiger partial charge is 0.493 e. The lowest BCUT2D eigenvalue weighted by Gasteiger charge is -2.18.